The topological polar surface area (TPSA) is 72.7 Å². The lowest BCUT2D eigenvalue weighted by Gasteiger charge is -2.30. The Labute approximate surface area is 190 Å². The number of likely N-dealkylation sites (N-methyl/N-ethyl adjacent to an activating group) is 1. The smallest absolute Gasteiger partial charge is 0.410 e. The number of rotatable bonds is 3. The number of anilines is 1. The third-order valence-corrected chi connectivity index (χ3v) is 5.91. The number of pyridine rings is 1. The van der Waals surface area contributed by atoms with Crippen LogP contribution in [0.4, 0.5) is 19.4 Å². The molecule has 0 bridgehead atoms. The summed E-state index contributed by atoms with van der Waals surface area (Å²) in [7, 11) is 1.34. The number of hydrogen-bond donors (Lipinski definition) is 0. The molecule has 32 heavy (non-hydrogen) atoms. The van der Waals surface area contributed by atoms with Crippen LogP contribution in [-0.4, -0.2) is 70.1 Å². The first-order chi connectivity index (χ1) is 15.0. The number of nitrogens with zero attached hydrogens (tertiary/aromatic N) is 5. The van der Waals surface area contributed by atoms with Gasteiger partial charge in [0.25, 0.3) is 5.92 Å². The second kappa shape index (κ2) is 8.30. The van der Waals surface area contributed by atoms with Gasteiger partial charge in [0.05, 0.1) is 17.4 Å². The molecule has 2 aliphatic heterocycles. The lowest BCUT2D eigenvalue weighted by molar-refractivity contribution is -0.0492. The third-order valence-electron chi connectivity index (χ3n) is 5.70. The quantitative estimate of drug-likeness (QED) is 0.615. The largest absolute Gasteiger partial charge is 0.444 e. The maximum atomic E-state index is 15.0. The van der Waals surface area contributed by atoms with Crippen molar-refractivity contribution >= 4 is 34.4 Å². The summed E-state index contributed by atoms with van der Waals surface area (Å²) >= 11 is 6.11. The maximum absolute atomic E-state index is 15.0. The standard InChI is InChI=1S/C21H28ClF2N5O3/c1-20(2,3)32-19(30)27(4)15-11-28(12-21(15,23)24)18-13-10-25-16(22)9-14(13)29(26-18)17-7-5-6-8-31-17/h9-10,15,17H,5-8,11-12H2,1-4H3. The second-order valence-corrected chi connectivity index (χ2v) is 9.75. The zero-order chi connectivity index (χ0) is 23.3. The highest BCUT2D eigenvalue weighted by molar-refractivity contribution is 6.30. The average Bonchev–Trinajstić information content (AvgIpc) is 3.23. The monoisotopic (exact) mass is 471 g/mol. The van der Waals surface area contributed by atoms with E-state index < -0.39 is 30.2 Å². The first kappa shape index (κ1) is 23.0. The number of carbonyl (C=O) groups is 1. The van der Waals surface area contributed by atoms with E-state index >= 15 is 8.78 Å². The van der Waals surface area contributed by atoms with Crippen LogP contribution in [0.5, 0.6) is 0 Å². The first-order valence-electron chi connectivity index (χ1n) is 10.7. The van der Waals surface area contributed by atoms with Gasteiger partial charge in [-0.2, -0.15) is 5.10 Å². The minimum atomic E-state index is -3.15. The van der Waals surface area contributed by atoms with Crippen LogP contribution in [-0.2, 0) is 9.47 Å². The Kier molecular flexibility index (Phi) is 5.96. The van der Waals surface area contributed by atoms with Crippen molar-refractivity contribution in [1.29, 1.82) is 0 Å². The fourth-order valence-corrected chi connectivity index (χ4v) is 4.31. The van der Waals surface area contributed by atoms with Gasteiger partial charge in [-0.05, 0) is 40.0 Å². The van der Waals surface area contributed by atoms with Gasteiger partial charge >= 0.3 is 6.09 Å². The Morgan fingerprint density at radius 3 is 2.78 bits per heavy atom. The summed E-state index contributed by atoms with van der Waals surface area (Å²) in [6, 6.07) is 0.313. The van der Waals surface area contributed by atoms with Crippen molar-refractivity contribution < 1.29 is 23.0 Å². The number of fused-ring (bicyclic) bond motifs is 1. The van der Waals surface area contributed by atoms with E-state index in [2.05, 4.69) is 10.1 Å². The molecule has 1 amide bonds. The van der Waals surface area contributed by atoms with Crippen LogP contribution >= 0.6 is 11.6 Å². The van der Waals surface area contributed by atoms with Gasteiger partial charge in [0.2, 0.25) is 0 Å². The molecule has 4 rings (SSSR count). The van der Waals surface area contributed by atoms with E-state index in [1.165, 1.54) is 11.9 Å². The molecule has 2 aromatic rings. The van der Waals surface area contributed by atoms with E-state index in [9.17, 15) is 4.79 Å². The molecule has 0 aliphatic carbocycles. The van der Waals surface area contributed by atoms with E-state index in [1.54, 1.807) is 37.7 Å². The van der Waals surface area contributed by atoms with Crippen LogP contribution in [0.1, 0.15) is 46.3 Å². The van der Waals surface area contributed by atoms with Gasteiger partial charge in [-0.3, -0.25) is 0 Å². The molecule has 0 spiro atoms. The molecule has 2 fully saturated rings. The molecular weight excluding hydrogens is 444 g/mol. The molecule has 2 saturated heterocycles. The number of ether oxygens (including phenoxy) is 2. The van der Waals surface area contributed by atoms with Gasteiger partial charge in [0.1, 0.15) is 16.8 Å². The van der Waals surface area contributed by atoms with E-state index in [4.69, 9.17) is 21.1 Å². The number of carbonyl (C=O) groups excluding carboxylic acids is 1. The van der Waals surface area contributed by atoms with Crippen molar-refractivity contribution in [2.45, 2.75) is 63.8 Å². The molecule has 8 nitrogen and oxygen atoms in total. The van der Waals surface area contributed by atoms with Gasteiger partial charge in [-0.15, -0.1) is 0 Å². The van der Waals surface area contributed by atoms with E-state index in [-0.39, 0.29) is 17.9 Å². The molecule has 176 valence electrons. The van der Waals surface area contributed by atoms with Gasteiger partial charge in [0, 0.05) is 32.5 Å². The minimum absolute atomic E-state index is 0.0942. The summed E-state index contributed by atoms with van der Waals surface area (Å²) in [4.78, 5) is 19.0. The van der Waals surface area contributed by atoms with Gasteiger partial charge < -0.3 is 19.3 Å². The third kappa shape index (κ3) is 4.47. The Morgan fingerprint density at radius 1 is 1.38 bits per heavy atom. The summed E-state index contributed by atoms with van der Waals surface area (Å²) in [6.45, 7) is 5.03. The molecule has 2 atom stereocenters. The lowest BCUT2D eigenvalue weighted by Crippen LogP contribution is -2.49. The van der Waals surface area contributed by atoms with Crippen molar-refractivity contribution in [3.05, 3.63) is 17.4 Å². The lowest BCUT2D eigenvalue weighted by atomic mass is 10.2. The molecule has 0 saturated carbocycles. The molecule has 0 aromatic carbocycles. The van der Waals surface area contributed by atoms with Gasteiger partial charge in [0.15, 0.2) is 12.0 Å². The number of halogens is 3. The van der Waals surface area contributed by atoms with Gasteiger partial charge in [-0.1, -0.05) is 11.6 Å². The molecule has 2 unspecified atom stereocenters. The first-order valence-corrected chi connectivity index (χ1v) is 11.1. The molecular formula is C21H28ClF2N5O3. The highest BCUT2D eigenvalue weighted by atomic mass is 35.5. The number of alkyl halides is 2. The number of amides is 1. The van der Waals surface area contributed by atoms with Crippen LogP contribution in [0.3, 0.4) is 0 Å². The van der Waals surface area contributed by atoms with E-state index in [0.717, 1.165) is 24.2 Å². The average molecular weight is 472 g/mol. The summed E-state index contributed by atoms with van der Waals surface area (Å²) in [6.07, 6.45) is 3.20. The molecule has 0 radical (unpaired) electrons. The Balaban J connectivity index is 1.65. The normalized spacial score (nSPS) is 23.5. The van der Waals surface area contributed by atoms with Crippen LogP contribution in [0.15, 0.2) is 12.3 Å². The van der Waals surface area contributed by atoms with Crippen molar-refractivity contribution in [2.24, 2.45) is 0 Å². The zero-order valence-corrected chi connectivity index (χ0v) is 19.4. The van der Waals surface area contributed by atoms with Crippen molar-refractivity contribution in [3.8, 4) is 0 Å². The fraction of sp³-hybridized carbons (Fsp3) is 0.667. The summed E-state index contributed by atoms with van der Waals surface area (Å²) in [5, 5.41) is 5.55. The van der Waals surface area contributed by atoms with Crippen LogP contribution in [0.2, 0.25) is 5.15 Å². The Morgan fingerprint density at radius 2 is 2.12 bits per heavy atom. The van der Waals surface area contributed by atoms with Gasteiger partial charge in [-0.25, -0.2) is 23.2 Å². The predicted molar refractivity (Wildman–Crippen MR) is 116 cm³/mol. The molecule has 4 heterocycles. The molecule has 11 heteroatoms. The molecule has 2 aliphatic rings. The predicted octanol–water partition coefficient (Wildman–Crippen LogP) is 4.47. The molecule has 2 aromatic heterocycles. The van der Waals surface area contributed by atoms with Crippen molar-refractivity contribution in [1.82, 2.24) is 19.7 Å². The van der Waals surface area contributed by atoms with Crippen molar-refractivity contribution in [3.63, 3.8) is 0 Å². The van der Waals surface area contributed by atoms with Crippen LogP contribution in [0.25, 0.3) is 10.9 Å². The summed E-state index contributed by atoms with van der Waals surface area (Å²) in [5.41, 5.74) is -0.0992. The van der Waals surface area contributed by atoms with Crippen molar-refractivity contribution in [2.75, 3.05) is 31.6 Å². The van der Waals surface area contributed by atoms with E-state index in [1.807, 2.05) is 0 Å². The Bertz CT molecular complexity index is 1000. The maximum Gasteiger partial charge on any atom is 0.410 e. The fourth-order valence-electron chi connectivity index (χ4n) is 4.16. The van der Waals surface area contributed by atoms with Crippen LogP contribution < -0.4 is 4.90 Å². The Hall–Kier alpha value is -2.20. The highest BCUT2D eigenvalue weighted by Crippen LogP contribution is 2.38. The second-order valence-electron chi connectivity index (χ2n) is 9.36. The SMILES string of the molecule is CN(C(=O)OC(C)(C)C)C1CN(c2nn(C3CCCCO3)c3cc(Cl)ncc23)CC1(F)F. The minimum Gasteiger partial charge on any atom is -0.444 e. The zero-order valence-electron chi connectivity index (χ0n) is 18.6. The highest BCUT2D eigenvalue weighted by Gasteiger charge is 2.52. The summed E-state index contributed by atoms with van der Waals surface area (Å²) < 4.78 is 42.9. The number of hydrogen-bond acceptors (Lipinski definition) is 6. The molecule has 0 N–H and O–H groups in total. The van der Waals surface area contributed by atoms with E-state index in [0.29, 0.717) is 23.3 Å². The number of aromatic nitrogens is 3. The summed E-state index contributed by atoms with van der Waals surface area (Å²) in [5.74, 6) is -2.78. The van der Waals surface area contributed by atoms with Crippen LogP contribution in [0, 0.1) is 0 Å².